The molecule has 0 N–H and O–H groups in total. The summed E-state index contributed by atoms with van der Waals surface area (Å²) in [5, 5.41) is 3.48. The smallest absolute Gasteiger partial charge is 0.186 e. The molecule has 2 aromatic rings. The van der Waals surface area contributed by atoms with Crippen LogP contribution in [0.25, 0.3) is 0 Å². The quantitative estimate of drug-likeness (QED) is 0.846. The van der Waals surface area contributed by atoms with Crippen LogP contribution in [0.2, 0.25) is 5.15 Å². The van der Waals surface area contributed by atoms with Gasteiger partial charge in [0.05, 0.1) is 0 Å². The van der Waals surface area contributed by atoms with Gasteiger partial charge in [-0.15, -0.1) is 11.3 Å². The van der Waals surface area contributed by atoms with Crippen LogP contribution in [0.4, 0.5) is 10.9 Å². The molecule has 1 saturated heterocycles. The molecule has 0 radical (unpaired) electrons. The molecule has 3 heterocycles. The Labute approximate surface area is 115 Å². The predicted octanol–water partition coefficient (Wildman–Crippen LogP) is 2.52. The van der Waals surface area contributed by atoms with Crippen molar-refractivity contribution >= 4 is 33.9 Å². The van der Waals surface area contributed by atoms with E-state index in [1.165, 1.54) is 0 Å². The Hall–Kier alpha value is -1.33. The van der Waals surface area contributed by atoms with Crippen molar-refractivity contribution < 1.29 is 0 Å². The minimum Gasteiger partial charge on any atom is -0.353 e. The first-order valence-corrected chi connectivity index (χ1v) is 7.10. The summed E-state index contributed by atoms with van der Waals surface area (Å²) in [4.78, 5) is 13.3. The van der Waals surface area contributed by atoms with E-state index in [1.807, 2.05) is 23.7 Å². The molecule has 1 fully saturated rings. The first kappa shape index (κ1) is 11.7. The minimum absolute atomic E-state index is 0.585. The van der Waals surface area contributed by atoms with Crippen molar-refractivity contribution in [2.24, 2.45) is 0 Å². The van der Waals surface area contributed by atoms with Crippen molar-refractivity contribution in [3.05, 3.63) is 34.9 Å². The highest BCUT2D eigenvalue weighted by atomic mass is 35.5. The normalized spacial score (nSPS) is 16.1. The summed E-state index contributed by atoms with van der Waals surface area (Å²) in [5.74, 6) is 1.05. The van der Waals surface area contributed by atoms with Crippen molar-refractivity contribution in [1.29, 1.82) is 0 Å². The number of pyridine rings is 1. The van der Waals surface area contributed by atoms with E-state index in [0.29, 0.717) is 5.15 Å². The van der Waals surface area contributed by atoms with E-state index in [-0.39, 0.29) is 0 Å². The van der Waals surface area contributed by atoms with Crippen LogP contribution < -0.4 is 9.80 Å². The number of rotatable bonds is 2. The maximum atomic E-state index is 5.86. The Balaban J connectivity index is 1.65. The number of piperazine rings is 1. The van der Waals surface area contributed by atoms with Gasteiger partial charge in [0.2, 0.25) is 0 Å². The Bertz CT molecular complexity index is 508. The van der Waals surface area contributed by atoms with Gasteiger partial charge in [0.25, 0.3) is 0 Å². The maximum absolute atomic E-state index is 5.86. The Morgan fingerprint density at radius 2 is 1.89 bits per heavy atom. The SMILES string of the molecule is Clc1csc(N2CCN(c3ccccn3)CC2)n1. The van der Waals surface area contributed by atoms with Crippen molar-refractivity contribution in [3.63, 3.8) is 0 Å². The van der Waals surface area contributed by atoms with Gasteiger partial charge >= 0.3 is 0 Å². The van der Waals surface area contributed by atoms with Gasteiger partial charge < -0.3 is 9.80 Å². The monoisotopic (exact) mass is 280 g/mol. The predicted molar refractivity (Wildman–Crippen MR) is 75.8 cm³/mol. The Morgan fingerprint density at radius 1 is 1.11 bits per heavy atom. The molecule has 18 heavy (non-hydrogen) atoms. The van der Waals surface area contributed by atoms with Crippen LogP contribution in [-0.4, -0.2) is 36.1 Å². The molecular formula is C12H13ClN4S. The summed E-state index contributed by atoms with van der Waals surface area (Å²) in [5.41, 5.74) is 0. The molecule has 0 bridgehead atoms. The van der Waals surface area contributed by atoms with Gasteiger partial charge in [-0.05, 0) is 12.1 Å². The van der Waals surface area contributed by atoms with Gasteiger partial charge in [-0.25, -0.2) is 9.97 Å². The average molecular weight is 281 g/mol. The molecule has 0 saturated carbocycles. The van der Waals surface area contributed by atoms with Crippen molar-refractivity contribution in [2.75, 3.05) is 36.0 Å². The number of hydrogen-bond acceptors (Lipinski definition) is 5. The molecule has 3 rings (SSSR count). The lowest BCUT2D eigenvalue weighted by atomic mass is 10.3. The molecule has 6 heteroatoms. The summed E-state index contributed by atoms with van der Waals surface area (Å²) >= 11 is 7.46. The number of nitrogens with zero attached hydrogens (tertiary/aromatic N) is 4. The fraction of sp³-hybridized carbons (Fsp3) is 0.333. The van der Waals surface area contributed by atoms with Gasteiger partial charge in [-0.2, -0.15) is 0 Å². The van der Waals surface area contributed by atoms with Crippen molar-refractivity contribution in [1.82, 2.24) is 9.97 Å². The lowest BCUT2D eigenvalue weighted by Gasteiger charge is -2.35. The van der Waals surface area contributed by atoms with E-state index >= 15 is 0 Å². The summed E-state index contributed by atoms with van der Waals surface area (Å²) in [6, 6.07) is 6.02. The third kappa shape index (κ3) is 2.42. The van der Waals surface area contributed by atoms with Crippen LogP contribution in [0.5, 0.6) is 0 Å². The largest absolute Gasteiger partial charge is 0.353 e. The van der Waals surface area contributed by atoms with E-state index < -0.39 is 0 Å². The second-order valence-electron chi connectivity index (χ2n) is 4.11. The van der Waals surface area contributed by atoms with Gasteiger partial charge in [0, 0.05) is 37.8 Å². The molecule has 94 valence electrons. The van der Waals surface area contributed by atoms with Gasteiger partial charge in [0.15, 0.2) is 5.13 Å². The summed E-state index contributed by atoms with van der Waals surface area (Å²) < 4.78 is 0. The van der Waals surface area contributed by atoms with Gasteiger partial charge in [-0.1, -0.05) is 17.7 Å². The Kier molecular flexibility index (Phi) is 3.34. The summed E-state index contributed by atoms with van der Waals surface area (Å²) in [6.07, 6.45) is 1.84. The number of halogens is 1. The lowest BCUT2D eigenvalue weighted by molar-refractivity contribution is 0.646. The molecular weight excluding hydrogens is 268 g/mol. The van der Waals surface area contributed by atoms with E-state index in [2.05, 4.69) is 25.8 Å². The molecule has 0 spiro atoms. The molecule has 0 aromatic carbocycles. The zero-order valence-corrected chi connectivity index (χ0v) is 11.4. The molecule has 2 aromatic heterocycles. The second kappa shape index (κ2) is 5.12. The van der Waals surface area contributed by atoms with E-state index in [4.69, 9.17) is 11.6 Å². The molecule has 4 nitrogen and oxygen atoms in total. The first-order valence-electron chi connectivity index (χ1n) is 5.85. The third-order valence-corrected chi connectivity index (χ3v) is 4.21. The molecule has 0 amide bonds. The van der Waals surface area contributed by atoms with E-state index in [9.17, 15) is 0 Å². The Morgan fingerprint density at radius 3 is 2.50 bits per heavy atom. The van der Waals surface area contributed by atoms with Crippen molar-refractivity contribution in [2.45, 2.75) is 0 Å². The lowest BCUT2D eigenvalue weighted by Crippen LogP contribution is -2.46. The average Bonchev–Trinajstić information content (AvgIpc) is 2.87. The summed E-state index contributed by atoms with van der Waals surface area (Å²) in [7, 11) is 0. The van der Waals surface area contributed by atoms with Crippen LogP contribution in [-0.2, 0) is 0 Å². The maximum Gasteiger partial charge on any atom is 0.186 e. The van der Waals surface area contributed by atoms with Crippen LogP contribution in [0.15, 0.2) is 29.8 Å². The van der Waals surface area contributed by atoms with Gasteiger partial charge in [0.1, 0.15) is 11.0 Å². The highest BCUT2D eigenvalue weighted by Crippen LogP contribution is 2.24. The van der Waals surface area contributed by atoms with Crippen LogP contribution in [0.3, 0.4) is 0 Å². The fourth-order valence-corrected chi connectivity index (χ4v) is 3.06. The highest BCUT2D eigenvalue weighted by molar-refractivity contribution is 7.14. The zero-order chi connectivity index (χ0) is 12.4. The molecule has 0 aliphatic carbocycles. The minimum atomic E-state index is 0.585. The number of thiazole rings is 1. The van der Waals surface area contributed by atoms with Crippen LogP contribution >= 0.6 is 22.9 Å². The molecule has 0 atom stereocenters. The standard InChI is InChI=1S/C12H13ClN4S/c13-10-9-18-12(15-10)17-7-5-16(6-8-17)11-3-1-2-4-14-11/h1-4,9H,5-8H2. The number of anilines is 2. The van der Waals surface area contributed by atoms with Crippen LogP contribution in [0, 0.1) is 0 Å². The fourth-order valence-electron chi connectivity index (χ4n) is 2.06. The van der Waals surface area contributed by atoms with E-state index in [1.54, 1.807) is 11.3 Å². The van der Waals surface area contributed by atoms with Crippen molar-refractivity contribution in [3.8, 4) is 0 Å². The highest BCUT2D eigenvalue weighted by Gasteiger charge is 2.19. The third-order valence-electron chi connectivity index (χ3n) is 2.99. The van der Waals surface area contributed by atoms with E-state index in [0.717, 1.165) is 37.1 Å². The van der Waals surface area contributed by atoms with Gasteiger partial charge in [-0.3, -0.25) is 0 Å². The summed E-state index contributed by atoms with van der Waals surface area (Å²) in [6.45, 7) is 3.85. The first-order chi connectivity index (χ1) is 8.83. The number of hydrogen-bond donors (Lipinski definition) is 0. The number of aromatic nitrogens is 2. The molecule has 1 aliphatic heterocycles. The zero-order valence-electron chi connectivity index (χ0n) is 9.79. The van der Waals surface area contributed by atoms with Crippen LogP contribution in [0.1, 0.15) is 0 Å². The second-order valence-corrected chi connectivity index (χ2v) is 5.34. The topological polar surface area (TPSA) is 32.3 Å². The molecule has 1 aliphatic rings. The molecule has 0 unspecified atom stereocenters.